The monoisotopic (exact) mass is 273 g/mol. The molecule has 1 aromatic rings. The van der Waals surface area contributed by atoms with Crippen LogP contribution in [0.25, 0.3) is 0 Å². The Morgan fingerprint density at radius 3 is 2.80 bits per heavy atom. The summed E-state index contributed by atoms with van der Waals surface area (Å²) in [6, 6.07) is 4.29. The zero-order valence-corrected chi connectivity index (χ0v) is 12.1. The van der Waals surface area contributed by atoms with Crippen LogP contribution >= 0.6 is 0 Å². The molecule has 0 unspecified atom stereocenters. The number of aromatic hydroxyl groups is 2. The first-order valence-electron chi connectivity index (χ1n) is 7.87. The van der Waals surface area contributed by atoms with Gasteiger partial charge in [-0.05, 0) is 68.5 Å². The smallest absolute Gasteiger partial charge is 0.157 e. The van der Waals surface area contributed by atoms with Crippen LogP contribution in [-0.2, 0) is 11.8 Å². The Bertz CT molecular complexity index is 556. The number of likely N-dealkylation sites (N-methyl/N-ethyl adjacent to an activating group) is 1. The van der Waals surface area contributed by atoms with Crippen molar-refractivity contribution >= 4 is 0 Å². The molecule has 108 valence electrons. The molecule has 3 nitrogen and oxygen atoms in total. The second-order valence-corrected chi connectivity index (χ2v) is 7.01. The van der Waals surface area contributed by atoms with E-state index in [-0.39, 0.29) is 16.9 Å². The Hall–Kier alpha value is -1.22. The number of likely N-dealkylation sites (tertiary alicyclic amines) is 1. The minimum Gasteiger partial charge on any atom is -0.504 e. The molecule has 1 aromatic carbocycles. The number of benzene rings is 1. The predicted molar refractivity (Wildman–Crippen MR) is 78.1 cm³/mol. The van der Waals surface area contributed by atoms with E-state index in [4.69, 9.17) is 0 Å². The van der Waals surface area contributed by atoms with Crippen LogP contribution < -0.4 is 0 Å². The molecule has 1 aliphatic heterocycles. The maximum absolute atomic E-state index is 9.95. The van der Waals surface area contributed by atoms with Gasteiger partial charge in [-0.15, -0.1) is 0 Å². The summed E-state index contributed by atoms with van der Waals surface area (Å²) in [4.78, 5) is 2.51. The van der Waals surface area contributed by atoms with E-state index in [2.05, 4.69) is 11.9 Å². The second-order valence-electron chi connectivity index (χ2n) is 7.01. The van der Waals surface area contributed by atoms with Gasteiger partial charge in [0.25, 0.3) is 0 Å². The highest BCUT2D eigenvalue weighted by atomic mass is 16.3. The normalized spacial score (nSPS) is 36.2. The minimum absolute atomic E-state index is 0.0372. The summed E-state index contributed by atoms with van der Waals surface area (Å²) in [6.45, 7) is 1.16. The first kappa shape index (κ1) is 12.5. The fourth-order valence-corrected chi connectivity index (χ4v) is 5.23. The van der Waals surface area contributed by atoms with Gasteiger partial charge >= 0.3 is 0 Å². The number of hydrogen-bond donors (Lipinski definition) is 2. The third-order valence-electron chi connectivity index (χ3n) is 6.20. The van der Waals surface area contributed by atoms with Crippen molar-refractivity contribution < 1.29 is 10.2 Å². The molecule has 0 radical (unpaired) electrons. The van der Waals surface area contributed by atoms with Crippen LogP contribution in [0.2, 0.25) is 0 Å². The number of rotatable bonds is 0. The van der Waals surface area contributed by atoms with Crippen molar-refractivity contribution in [1.82, 2.24) is 4.90 Å². The first-order chi connectivity index (χ1) is 9.62. The van der Waals surface area contributed by atoms with Crippen molar-refractivity contribution in [3.05, 3.63) is 23.3 Å². The summed E-state index contributed by atoms with van der Waals surface area (Å²) < 4.78 is 0. The SMILES string of the molecule is CN1CC[C@]23CCCC[C@H]2[C@H]1Cc1cc(O)c(O)cc13. The first-order valence-corrected chi connectivity index (χ1v) is 7.87. The van der Waals surface area contributed by atoms with Gasteiger partial charge in [0.05, 0.1) is 0 Å². The highest BCUT2D eigenvalue weighted by molar-refractivity contribution is 5.51. The molecule has 3 heteroatoms. The minimum atomic E-state index is 0.0372. The molecule has 3 atom stereocenters. The molecule has 0 spiro atoms. The van der Waals surface area contributed by atoms with Crippen molar-refractivity contribution in [2.75, 3.05) is 13.6 Å². The largest absolute Gasteiger partial charge is 0.504 e. The Morgan fingerprint density at radius 1 is 1.15 bits per heavy atom. The van der Waals surface area contributed by atoms with E-state index < -0.39 is 0 Å². The lowest BCUT2D eigenvalue weighted by atomic mass is 9.52. The van der Waals surface area contributed by atoms with Gasteiger partial charge in [-0.3, -0.25) is 0 Å². The Labute approximate surface area is 120 Å². The Kier molecular flexibility index (Phi) is 2.59. The van der Waals surface area contributed by atoms with Crippen LogP contribution in [-0.4, -0.2) is 34.7 Å². The van der Waals surface area contributed by atoms with Crippen molar-refractivity contribution in [3.8, 4) is 11.5 Å². The van der Waals surface area contributed by atoms with E-state index >= 15 is 0 Å². The number of phenols is 2. The number of fused-ring (bicyclic) bond motifs is 1. The molecule has 0 aromatic heterocycles. The van der Waals surface area contributed by atoms with Crippen LogP contribution in [0.1, 0.15) is 43.2 Å². The summed E-state index contributed by atoms with van der Waals surface area (Å²) >= 11 is 0. The van der Waals surface area contributed by atoms with Crippen molar-refractivity contribution in [2.24, 2.45) is 5.92 Å². The van der Waals surface area contributed by atoms with Gasteiger partial charge in [0.15, 0.2) is 11.5 Å². The molecule has 1 saturated heterocycles. The molecule has 1 heterocycles. The molecule has 20 heavy (non-hydrogen) atoms. The molecule has 0 amide bonds. The maximum Gasteiger partial charge on any atom is 0.157 e. The Morgan fingerprint density at radius 2 is 1.95 bits per heavy atom. The summed E-state index contributed by atoms with van der Waals surface area (Å²) in [6.07, 6.45) is 7.42. The van der Waals surface area contributed by atoms with E-state index in [9.17, 15) is 10.2 Å². The summed E-state index contributed by atoms with van der Waals surface area (Å²) in [5.74, 6) is 0.821. The van der Waals surface area contributed by atoms with Gasteiger partial charge in [-0.25, -0.2) is 0 Å². The van der Waals surface area contributed by atoms with Crippen LogP contribution in [0.15, 0.2) is 12.1 Å². The second kappa shape index (κ2) is 4.14. The maximum atomic E-state index is 9.95. The Balaban J connectivity index is 1.92. The third kappa shape index (κ3) is 1.50. The van der Waals surface area contributed by atoms with E-state index in [0.717, 1.165) is 18.9 Å². The van der Waals surface area contributed by atoms with Crippen molar-refractivity contribution in [3.63, 3.8) is 0 Å². The fraction of sp³-hybridized carbons (Fsp3) is 0.647. The van der Waals surface area contributed by atoms with Crippen molar-refractivity contribution in [2.45, 2.75) is 50.0 Å². The molecular weight excluding hydrogens is 250 g/mol. The molecule has 2 N–H and O–H groups in total. The third-order valence-corrected chi connectivity index (χ3v) is 6.20. The molecule has 2 bridgehead atoms. The zero-order valence-electron chi connectivity index (χ0n) is 12.1. The molecular formula is C17H23NO2. The summed E-state index contributed by atoms with van der Waals surface area (Å²) in [7, 11) is 2.24. The van der Waals surface area contributed by atoms with Crippen LogP contribution in [0.4, 0.5) is 0 Å². The molecule has 3 aliphatic rings. The van der Waals surface area contributed by atoms with Crippen LogP contribution in [0.3, 0.4) is 0 Å². The van der Waals surface area contributed by atoms with Crippen molar-refractivity contribution in [1.29, 1.82) is 0 Å². The fourth-order valence-electron chi connectivity index (χ4n) is 5.23. The average molecular weight is 273 g/mol. The molecule has 2 fully saturated rings. The van der Waals surface area contributed by atoms with Gasteiger partial charge in [0.1, 0.15) is 0 Å². The number of hydrogen-bond acceptors (Lipinski definition) is 3. The van der Waals surface area contributed by atoms with Crippen LogP contribution in [0, 0.1) is 5.92 Å². The van der Waals surface area contributed by atoms with E-state index in [1.165, 1.54) is 43.2 Å². The standard InChI is InChI=1S/C17H23NO2/c1-18-7-6-17-5-3-2-4-12(17)14(18)8-11-9-15(19)16(20)10-13(11)17/h9-10,12,14,19-20H,2-8H2,1H3/t12-,14+,17+/m0/s1. The van der Waals surface area contributed by atoms with E-state index in [0.29, 0.717) is 6.04 Å². The van der Waals surface area contributed by atoms with Gasteiger partial charge < -0.3 is 15.1 Å². The van der Waals surface area contributed by atoms with E-state index in [1.54, 1.807) is 0 Å². The highest BCUT2D eigenvalue weighted by Crippen LogP contribution is 2.56. The van der Waals surface area contributed by atoms with Gasteiger partial charge in [0.2, 0.25) is 0 Å². The summed E-state index contributed by atoms with van der Waals surface area (Å²) in [5.41, 5.74) is 2.85. The van der Waals surface area contributed by atoms with Gasteiger partial charge in [0, 0.05) is 11.5 Å². The average Bonchev–Trinajstić information content (AvgIpc) is 2.45. The quantitative estimate of drug-likeness (QED) is 0.714. The topological polar surface area (TPSA) is 43.7 Å². The van der Waals surface area contributed by atoms with E-state index in [1.807, 2.05) is 12.1 Å². The summed E-state index contributed by atoms with van der Waals surface area (Å²) in [5, 5.41) is 19.8. The highest BCUT2D eigenvalue weighted by Gasteiger charge is 2.53. The zero-order chi connectivity index (χ0) is 13.9. The number of phenolic OH excluding ortho intramolecular Hbond substituents is 2. The number of piperidine rings is 1. The lowest BCUT2D eigenvalue weighted by Gasteiger charge is -2.58. The molecule has 1 saturated carbocycles. The van der Waals surface area contributed by atoms with Crippen LogP contribution in [0.5, 0.6) is 11.5 Å². The van der Waals surface area contributed by atoms with Gasteiger partial charge in [-0.1, -0.05) is 12.8 Å². The van der Waals surface area contributed by atoms with Gasteiger partial charge in [-0.2, -0.15) is 0 Å². The number of nitrogens with zero attached hydrogens (tertiary/aromatic N) is 1. The predicted octanol–water partition coefficient (Wildman–Crippen LogP) is 2.79. The molecule has 2 aliphatic carbocycles. The lowest BCUT2D eigenvalue weighted by Crippen LogP contribution is -2.59. The lowest BCUT2D eigenvalue weighted by molar-refractivity contribution is 0.00265. The molecule has 4 rings (SSSR count).